The third-order valence-corrected chi connectivity index (χ3v) is 7.36. The van der Waals surface area contributed by atoms with Crippen LogP contribution in [-0.4, -0.2) is 5.37 Å². The summed E-state index contributed by atoms with van der Waals surface area (Å²) in [7, 11) is 0. The number of hydrogen-bond donors (Lipinski definition) is 0. The molecule has 0 spiro atoms. The van der Waals surface area contributed by atoms with E-state index in [1.54, 1.807) is 16.5 Å². The molecular formula is C35H46S. The summed E-state index contributed by atoms with van der Waals surface area (Å²) in [4.78, 5) is 0. The van der Waals surface area contributed by atoms with Crippen molar-refractivity contribution < 1.29 is 0 Å². The molecule has 0 fully saturated rings. The van der Waals surface area contributed by atoms with Gasteiger partial charge in [0.2, 0.25) is 0 Å². The maximum absolute atomic E-state index is 4.59. The quantitative estimate of drug-likeness (QED) is 0.257. The maximum atomic E-state index is 4.59. The molecule has 1 atom stereocenters. The Balaban J connectivity index is 0.000000225. The molecule has 0 saturated heterocycles. The first-order valence-electron chi connectivity index (χ1n) is 13.7. The third-order valence-electron chi connectivity index (χ3n) is 7.13. The minimum Gasteiger partial charge on any atom is -0.0955 e. The minimum atomic E-state index is 0.796. The van der Waals surface area contributed by atoms with Crippen molar-refractivity contribution in [2.45, 2.75) is 91.4 Å². The van der Waals surface area contributed by atoms with Crippen LogP contribution < -0.4 is 0 Å². The van der Waals surface area contributed by atoms with Crippen molar-refractivity contribution in [2.75, 3.05) is 0 Å². The maximum Gasteiger partial charge on any atom is -0.0184 e. The minimum absolute atomic E-state index is 0.796. The van der Waals surface area contributed by atoms with Gasteiger partial charge in [0.15, 0.2) is 0 Å². The van der Waals surface area contributed by atoms with E-state index in [0.29, 0.717) is 0 Å². The Labute approximate surface area is 226 Å². The molecule has 0 heterocycles. The Kier molecular flexibility index (Phi) is 13.4. The largest absolute Gasteiger partial charge is 0.0955 e. The molecule has 2 aliphatic rings. The fourth-order valence-electron chi connectivity index (χ4n) is 4.87. The first-order valence-corrected chi connectivity index (χ1v) is 14.2. The highest BCUT2D eigenvalue weighted by molar-refractivity contribution is 7.78. The Bertz CT molecular complexity index is 1050. The topological polar surface area (TPSA) is 0 Å². The average Bonchev–Trinajstić information content (AvgIpc) is 3.29. The van der Waals surface area contributed by atoms with Crippen LogP contribution in [0.4, 0.5) is 0 Å². The number of thiocarbonyl (C=S) groups is 1. The van der Waals surface area contributed by atoms with Crippen LogP contribution in [-0.2, 0) is 6.42 Å². The lowest BCUT2D eigenvalue weighted by atomic mass is 9.89. The summed E-state index contributed by atoms with van der Waals surface area (Å²) >= 11 is 4.59. The first-order chi connectivity index (χ1) is 17.4. The van der Waals surface area contributed by atoms with Crippen molar-refractivity contribution in [3.63, 3.8) is 0 Å². The third kappa shape index (κ3) is 9.51. The summed E-state index contributed by atoms with van der Waals surface area (Å²) in [6.07, 6.45) is 15.2. The van der Waals surface area contributed by atoms with Gasteiger partial charge in [0.05, 0.1) is 0 Å². The normalized spacial score (nSPS) is 15.7. The molecular weight excluding hydrogens is 452 g/mol. The second-order valence-corrected chi connectivity index (χ2v) is 10.4. The van der Waals surface area contributed by atoms with Crippen molar-refractivity contribution in [2.24, 2.45) is 0 Å². The molecule has 0 bridgehead atoms. The van der Waals surface area contributed by atoms with Crippen LogP contribution in [0.15, 0.2) is 90.6 Å². The van der Waals surface area contributed by atoms with E-state index in [1.807, 2.05) is 6.07 Å². The van der Waals surface area contributed by atoms with Gasteiger partial charge in [-0.15, -0.1) is 0 Å². The molecule has 0 aromatic heterocycles. The number of allylic oxidation sites excluding steroid dienone is 6. The van der Waals surface area contributed by atoms with Crippen LogP contribution in [0.5, 0.6) is 0 Å². The number of fused-ring (bicyclic) bond motifs is 1. The zero-order valence-electron chi connectivity index (χ0n) is 23.1. The molecule has 0 radical (unpaired) electrons. The molecule has 192 valence electrons. The van der Waals surface area contributed by atoms with Crippen LogP contribution in [0.2, 0.25) is 0 Å². The molecule has 2 aliphatic carbocycles. The van der Waals surface area contributed by atoms with Gasteiger partial charge in [-0.3, -0.25) is 0 Å². The number of rotatable bonds is 8. The van der Waals surface area contributed by atoms with Crippen LogP contribution >= 0.6 is 12.2 Å². The predicted octanol–water partition coefficient (Wildman–Crippen LogP) is 10.9. The highest BCUT2D eigenvalue weighted by Crippen LogP contribution is 2.34. The van der Waals surface area contributed by atoms with Crippen LogP contribution in [0.3, 0.4) is 0 Å². The molecule has 0 nitrogen and oxygen atoms in total. The fraction of sp³-hybridized carbons (Fsp3) is 0.400. The zero-order valence-corrected chi connectivity index (χ0v) is 23.9. The molecule has 0 aliphatic heterocycles. The summed E-state index contributed by atoms with van der Waals surface area (Å²) in [6.45, 7) is 17.1. The van der Waals surface area contributed by atoms with Gasteiger partial charge in [-0.2, -0.15) is 0 Å². The van der Waals surface area contributed by atoms with Crippen molar-refractivity contribution >= 4 is 23.2 Å². The monoisotopic (exact) mass is 498 g/mol. The van der Waals surface area contributed by atoms with Gasteiger partial charge in [-0.1, -0.05) is 117 Å². The summed E-state index contributed by atoms with van der Waals surface area (Å²) in [5.41, 5.74) is 11.2. The summed E-state index contributed by atoms with van der Waals surface area (Å²) in [6, 6.07) is 17.1. The van der Waals surface area contributed by atoms with Gasteiger partial charge in [-0.05, 0) is 110 Å². The van der Waals surface area contributed by atoms with Crippen molar-refractivity contribution in [3.8, 4) is 0 Å². The van der Waals surface area contributed by atoms with E-state index in [1.165, 1.54) is 65.5 Å². The van der Waals surface area contributed by atoms with Crippen molar-refractivity contribution in [1.29, 1.82) is 0 Å². The molecule has 0 amide bonds. The molecule has 4 rings (SSSR count). The van der Waals surface area contributed by atoms with Crippen LogP contribution in [0, 0.1) is 6.92 Å². The molecule has 1 unspecified atom stereocenters. The highest BCUT2D eigenvalue weighted by atomic mass is 32.1. The SMILES string of the molecule is C=C(C)C1=C(CCC(=C)c2ccccc2)CCC=C1.CCCCC=S.Cc1cccc2c1CCC2C. The van der Waals surface area contributed by atoms with E-state index in [-0.39, 0.29) is 0 Å². The van der Waals surface area contributed by atoms with Gasteiger partial charge >= 0.3 is 0 Å². The summed E-state index contributed by atoms with van der Waals surface area (Å²) < 4.78 is 0. The van der Waals surface area contributed by atoms with E-state index in [0.717, 1.165) is 31.6 Å². The lowest BCUT2D eigenvalue weighted by Gasteiger charge is -2.17. The molecule has 2 aromatic carbocycles. The average molecular weight is 499 g/mol. The van der Waals surface area contributed by atoms with Gasteiger partial charge in [0.1, 0.15) is 0 Å². The zero-order chi connectivity index (χ0) is 26.3. The Morgan fingerprint density at radius 2 is 1.81 bits per heavy atom. The molecule has 2 aromatic rings. The van der Waals surface area contributed by atoms with E-state index >= 15 is 0 Å². The van der Waals surface area contributed by atoms with E-state index in [9.17, 15) is 0 Å². The standard InChI is InChI=1S/C19H22.C11H14.C5H10S/c1-15(2)19-12-8-7-11-18(19)14-13-16(3)17-9-5-4-6-10-17;1-8-4-3-5-10-9(2)6-7-11(8)10;1-2-3-4-5-6/h4-6,8-10,12H,1,3,7,11,13-14H2,2H3;3-5,9H,6-7H2,1-2H3;5H,2-4H2,1H3. The summed E-state index contributed by atoms with van der Waals surface area (Å²) in [5, 5.41) is 1.80. The smallest absolute Gasteiger partial charge is 0.0184 e. The second-order valence-electron chi connectivity index (χ2n) is 10.1. The number of aryl methyl sites for hydroxylation is 1. The van der Waals surface area contributed by atoms with Crippen molar-refractivity contribution in [3.05, 3.63) is 113 Å². The lowest BCUT2D eigenvalue weighted by molar-refractivity contribution is 0.747. The predicted molar refractivity (Wildman–Crippen MR) is 166 cm³/mol. The number of hydrogen-bond acceptors (Lipinski definition) is 1. The second kappa shape index (κ2) is 16.3. The molecule has 1 heteroatoms. The van der Waals surface area contributed by atoms with E-state index in [2.05, 4.69) is 108 Å². The number of benzene rings is 2. The van der Waals surface area contributed by atoms with Gasteiger partial charge in [-0.25, -0.2) is 0 Å². The number of unbranched alkanes of at least 4 members (excludes halogenated alkanes) is 2. The molecule has 0 saturated carbocycles. The van der Waals surface area contributed by atoms with Gasteiger partial charge < -0.3 is 0 Å². The van der Waals surface area contributed by atoms with Crippen molar-refractivity contribution in [1.82, 2.24) is 0 Å². The first kappa shape index (κ1) is 29.7. The Morgan fingerprint density at radius 1 is 1.06 bits per heavy atom. The van der Waals surface area contributed by atoms with E-state index in [4.69, 9.17) is 0 Å². The van der Waals surface area contributed by atoms with Crippen LogP contribution in [0.1, 0.15) is 100 Å². The fourth-order valence-corrected chi connectivity index (χ4v) is 5.03. The molecule has 0 N–H and O–H groups in total. The lowest BCUT2D eigenvalue weighted by Crippen LogP contribution is -1.97. The van der Waals surface area contributed by atoms with Gasteiger partial charge in [0.25, 0.3) is 0 Å². The van der Waals surface area contributed by atoms with E-state index < -0.39 is 0 Å². The summed E-state index contributed by atoms with van der Waals surface area (Å²) in [5.74, 6) is 0.796. The highest BCUT2D eigenvalue weighted by Gasteiger charge is 2.18. The Morgan fingerprint density at radius 3 is 2.42 bits per heavy atom. The van der Waals surface area contributed by atoms with Crippen LogP contribution in [0.25, 0.3) is 5.57 Å². The van der Waals surface area contributed by atoms with Gasteiger partial charge in [0, 0.05) is 0 Å². The molecule has 36 heavy (non-hydrogen) atoms. The Hall–Kier alpha value is -2.51.